The van der Waals surface area contributed by atoms with E-state index in [0.717, 1.165) is 25.8 Å². The van der Waals surface area contributed by atoms with Gasteiger partial charge in [0.2, 0.25) is 5.91 Å². The number of hydrogen-bond acceptors (Lipinski definition) is 5. The second-order valence-corrected chi connectivity index (χ2v) is 7.10. The van der Waals surface area contributed by atoms with E-state index in [-0.39, 0.29) is 11.8 Å². The van der Waals surface area contributed by atoms with E-state index >= 15 is 0 Å². The molecule has 1 atom stereocenters. The van der Waals surface area contributed by atoms with Gasteiger partial charge in [-0.1, -0.05) is 6.07 Å². The van der Waals surface area contributed by atoms with Gasteiger partial charge in [0.1, 0.15) is 5.69 Å². The molecule has 1 aliphatic heterocycles. The molecule has 0 bridgehead atoms. The van der Waals surface area contributed by atoms with Gasteiger partial charge >= 0.3 is 0 Å². The number of amides is 2. The molecule has 0 N–H and O–H groups in total. The van der Waals surface area contributed by atoms with Gasteiger partial charge in [-0.25, -0.2) is 9.97 Å². The van der Waals surface area contributed by atoms with Crippen molar-refractivity contribution < 1.29 is 9.59 Å². The molecule has 7 nitrogen and oxygen atoms in total. The number of pyridine rings is 1. The molecule has 0 unspecified atom stereocenters. The lowest BCUT2D eigenvalue weighted by Crippen LogP contribution is -2.40. The quantitative estimate of drug-likeness (QED) is 0.810. The van der Waals surface area contributed by atoms with Gasteiger partial charge in [-0.3, -0.25) is 14.6 Å². The molecule has 0 spiro atoms. The number of piperidine rings is 1. The zero-order valence-corrected chi connectivity index (χ0v) is 15.8. The van der Waals surface area contributed by atoms with E-state index in [9.17, 15) is 9.59 Å². The summed E-state index contributed by atoms with van der Waals surface area (Å²) in [5.74, 6) is 0.953. The summed E-state index contributed by atoms with van der Waals surface area (Å²) in [5, 5.41) is 0. The van der Waals surface area contributed by atoms with Crippen molar-refractivity contribution >= 4 is 11.8 Å². The average Bonchev–Trinajstić information content (AvgIpc) is 2.72. The van der Waals surface area contributed by atoms with Crippen molar-refractivity contribution in [2.75, 3.05) is 27.2 Å². The summed E-state index contributed by atoms with van der Waals surface area (Å²) in [7, 11) is 3.54. The third-order valence-corrected chi connectivity index (χ3v) is 4.86. The normalized spacial score (nSPS) is 16.8. The molecule has 27 heavy (non-hydrogen) atoms. The van der Waals surface area contributed by atoms with Gasteiger partial charge in [0.15, 0.2) is 5.82 Å². The number of nitrogens with zero attached hydrogens (tertiary/aromatic N) is 5. The van der Waals surface area contributed by atoms with E-state index < -0.39 is 0 Å². The maximum absolute atomic E-state index is 12.8. The molecule has 142 valence electrons. The molecule has 2 aromatic heterocycles. The van der Waals surface area contributed by atoms with Gasteiger partial charge < -0.3 is 9.80 Å². The summed E-state index contributed by atoms with van der Waals surface area (Å²) in [6.45, 7) is 1.42. The topological polar surface area (TPSA) is 79.3 Å². The van der Waals surface area contributed by atoms with Crippen LogP contribution in [0.5, 0.6) is 0 Å². The third kappa shape index (κ3) is 4.87. The summed E-state index contributed by atoms with van der Waals surface area (Å²) < 4.78 is 0. The van der Waals surface area contributed by atoms with Crippen molar-refractivity contribution in [2.45, 2.75) is 25.7 Å². The van der Waals surface area contributed by atoms with Crippen molar-refractivity contribution in [3.05, 3.63) is 42.4 Å². The van der Waals surface area contributed by atoms with Gasteiger partial charge in [-0.2, -0.15) is 0 Å². The van der Waals surface area contributed by atoms with Crippen LogP contribution in [-0.2, 0) is 4.79 Å². The highest BCUT2D eigenvalue weighted by atomic mass is 16.2. The molecule has 0 saturated carbocycles. The molecule has 2 aromatic rings. The van der Waals surface area contributed by atoms with Gasteiger partial charge in [-0.15, -0.1) is 0 Å². The van der Waals surface area contributed by atoms with Crippen LogP contribution >= 0.6 is 0 Å². The average molecular weight is 367 g/mol. The van der Waals surface area contributed by atoms with Gasteiger partial charge in [0, 0.05) is 52.2 Å². The first-order valence-electron chi connectivity index (χ1n) is 9.27. The highest BCUT2D eigenvalue weighted by Crippen LogP contribution is 2.23. The lowest BCUT2D eigenvalue weighted by Gasteiger charge is -2.32. The molecule has 3 rings (SSSR count). The van der Waals surface area contributed by atoms with Crippen LogP contribution in [0.15, 0.2) is 36.8 Å². The first-order chi connectivity index (χ1) is 13.0. The minimum absolute atomic E-state index is 0.0498. The molecule has 0 aliphatic carbocycles. The molecule has 1 aliphatic rings. The highest BCUT2D eigenvalue weighted by Gasteiger charge is 2.25. The Hall–Kier alpha value is -2.83. The van der Waals surface area contributed by atoms with E-state index in [1.165, 1.54) is 0 Å². The van der Waals surface area contributed by atoms with Crippen molar-refractivity contribution in [1.82, 2.24) is 24.8 Å². The standard InChI is InChI=1S/C20H25N5O2/c1-24(2)18(26)9-8-15-6-5-11-25(14-15)20(27)16-12-22-19(23-13-16)17-7-3-4-10-21-17/h3-4,7,10,12-13,15H,5-6,8-9,11,14H2,1-2H3/t15-/m0/s1. The van der Waals surface area contributed by atoms with Gasteiger partial charge in [-0.05, 0) is 37.3 Å². The zero-order chi connectivity index (χ0) is 19.2. The number of likely N-dealkylation sites (tertiary alicyclic amines) is 1. The lowest BCUT2D eigenvalue weighted by atomic mass is 9.93. The maximum Gasteiger partial charge on any atom is 0.256 e. The third-order valence-electron chi connectivity index (χ3n) is 4.86. The van der Waals surface area contributed by atoms with Crippen molar-refractivity contribution in [2.24, 2.45) is 5.92 Å². The number of rotatable bonds is 5. The maximum atomic E-state index is 12.8. The minimum atomic E-state index is -0.0498. The van der Waals surface area contributed by atoms with E-state index in [0.29, 0.717) is 36.0 Å². The van der Waals surface area contributed by atoms with Crippen molar-refractivity contribution in [1.29, 1.82) is 0 Å². The molecular weight excluding hydrogens is 342 g/mol. The molecule has 3 heterocycles. The summed E-state index contributed by atoms with van der Waals surface area (Å²) in [6, 6.07) is 5.54. The molecule has 2 amide bonds. The number of hydrogen-bond donors (Lipinski definition) is 0. The number of carbonyl (C=O) groups excluding carboxylic acids is 2. The Bertz CT molecular complexity index is 777. The van der Waals surface area contributed by atoms with Crippen LogP contribution < -0.4 is 0 Å². The second-order valence-electron chi connectivity index (χ2n) is 7.10. The smallest absolute Gasteiger partial charge is 0.256 e. The Morgan fingerprint density at radius 1 is 1.19 bits per heavy atom. The largest absolute Gasteiger partial charge is 0.349 e. The van der Waals surface area contributed by atoms with Crippen LogP contribution in [0, 0.1) is 5.92 Å². The Balaban J connectivity index is 1.60. The van der Waals surface area contributed by atoms with Crippen molar-refractivity contribution in [3.8, 4) is 11.5 Å². The number of carbonyl (C=O) groups is 2. The molecule has 7 heteroatoms. The predicted molar refractivity (Wildman–Crippen MR) is 102 cm³/mol. The Morgan fingerprint density at radius 2 is 1.96 bits per heavy atom. The zero-order valence-electron chi connectivity index (χ0n) is 15.8. The van der Waals surface area contributed by atoms with E-state index in [1.54, 1.807) is 37.6 Å². The molecule has 0 aromatic carbocycles. The number of aromatic nitrogens is 3. The van der Waals surface area contributed by atoms with Crippen LogP contribution in [0.3, 0.4) is 0 Å². The van der Waals surface area contributed by atoms with E-state index in [1.807, 2.05) is 23.1 Å². The molecule has 1 saturated heterocycles. The summed E-state index contributed by atoms with van der Waals surface area (Å²) in [6.07, 6.45) is 8.18. The fourth-order valence-corrected chi connectivity index (χ4v) is 3.28. The first-order valence-corrected chi connectivity index (χ1v) is 9.27. The fourth-order valence-electron chi connectivity index (χ4n) is 3.28. The van der Waals surface area contributed by atoms with Crippen LogP contribution in [0.1, 0.15) is 36.0 Å². The molecule has 1 fully saturated rings. The van der Waals surface area contributed by atoms with Gasteiger partial charge in [0.05, 0.1) is 5.56 Å². The predicted octanol–water partition coefficient (Wildman–Crippen LogP) is 2.26. The lowest BCUT2D eigenvalue weighted by molar-refractivity contribution is -0.129. The summed E-state index contributed by atoms with van der Waals surface area (Å²) in [4.78, 5) is 40.9. The minimum Gasteiger partial charge on any atom is -0.349 e. The molecule has 0 radical (unpaired) electrons. The Morgan fingerprint density at radius 3 is 2.63 bits per heavy atom. The van der Waals surface area contributed by atoms with Crippen LogP contribution in [0.2, 0.25) is 0 Å². The Labute approximate surface area is 159 Å². The summed E-state index contributed by atoms with van der Waals surface area (Å²) in [5.41, 5.74) is 1.17. The highest BCUT2D eigenvalue weighted by molar-refractivity contribution is 5.93. The van der Waals surface area contributed by atoms with E-state index in [2.05, 4.69) is 15.0 Å². The van der Waals surface area contributed by atoms with Crippen LogP contribution in [0.4, 0.5) is 0 Å². The monoisotopic (exact) mass is 367 g/mol. The second kappa shape index (κ2) is 8.70. The van der Waals surface area contributed by atoms with Crippen LogP contribution in [-0.4, -0.2) is 63.8 Å². The Kier molecular flexibility index (Phi) is 6.11. The SMILES string of the molecule is CN(C)C(=O)CC[C@@H]1CCCN(C(=O)c2cnc(-c3ccccn3)nc2)C1. The van der Waals surface area contributed by atoms with Gasteiger partial charge in [0.25, 0.3) is 5.91 Å². The first kappa shape index (κ1) is 18.9. The molecular formula is C20H25N5O2. The van der Waals surface area contributed by atoms with Crippen LogP contribution in [0.25, 0.3) is 11.5 Å². The van der Waals surface area contributed by atoms with E-state index in [4.69, 9.17) is 0 Å². The fraction of sp³-hybridized carbons (Fsp3) is 0.450. The summed E-state index contributed by atoms with van der Waals surface area (Å²) >= 11 is 0. The van der Waals surface area contributed by atoms with Crippen molar-refractivity contribution in [3.63, 3.8) is 0 Å².